The number of esters is 1. The van der Waals surface area contributed by atoms with Crippen LogP contribution in [-0.2, 0) is 19.4 Å². The van der Waals surface area contributed by atoms with E-state index in [1.54, 1.807) is 24.3 Å². The minimum Gasteiger partial charge on any atom is -0.465 e. The molecule has 5 heteroatoms. The van der Waals surface area contributed by atoms with Gasteiger partial charge in [0.2, 0.25) is 0 Å². The summed E-state index contributed by atoms with van der Waals surface area (Å²) in [4.78, 5) is 10.9. The van der Waals surface area contributed by atoms with Crippen molar-refractivity contribution in [2.75, 3.05) is 12.4 Å². The lowest BCUT2D eigenvalue weighted by Gasteiger charge is -2.06. The number of hydrogen-bond acceptors (Lipinski definition) is 4. The summed E-state index contributed by atoms with van der Waals surface area (Å²) >= 11 is 0. The summed E-state index contributed by atoms with van der Waals surface area (Å²) in [7, 11) is -3.43. The van der Waals surface area contributed by atoms with Gasteiger partial charge in [-0.3, -0.25) is 4.79 Å². The first-order valence-corrected chi connectivity index (χ1v) is 8.16. The molecular formula is C16H16O4S. The predicted molar refractivity (Wildman–Crippen MR) is 80.6 cm³/mol. The van der Waals surface area contributed by atoms with Crippen LogP contribution in [0.15, 0.2) is 59.5 Å². The molecule has 0 fully saturated rings. The zero-order valence-electron chi connectivity index (χ0n) is 11.7. The van der Waals surface area contributed by atoms with Crippen LogP contribution in [0, 0.1) is 0 Å². The highest BCUT2D eigenvalue weighted by atomic mass is 32.2. The van der Waals surface area contributed by atoms with E-state index in [0.717, 1.165) is 11.1 Å². The molecule has 2 aromatic rings. The van der Waals surface area contributed by atoms with Crippen molar-refractivity contribution in [3.05, 3.63) is 54.6 Å². The molecule has 0 aliphatic heterocycles. The van der Waals surface area contributed by atoms with Crippen LogP contribution in [0.4, 0.5) is 0 Å². The topological polar surface area (TPSA) is 60.4 Å². The van der Waals surface area contributed by atoms with Crippen molar-refractivity contribution in [1.29, 1.82) is 0 Å². The Morgan fingerprint density at radius 2 is 1.52 bits per heavy atom. The first-order valence-electron chi connectivity index (χ1n) is 6.51. The van der Waals surface area contributed by atoms with Gasteiger partial charge < -0.3 is 4.74 Å². The van der Waals surface area contributed by atoms with Crippen LogP contribution in [0.2, 0.25) is 0 Å². The smallest absolute Gasteiger partial charge is 0.302 e. The molecule has 0 unspecified atom stereocenters. The highest BCUT2D eigenvalue weighted by molar-refractivity contribution is 7.91. The van der Waals surface area contributed by atoms with E-state index in [2.05, 4.69) is 4.74 Å². The number of rotatable bonds is 5. The number of ether oxygens (including phenoxy) is 1. The minimum absolute atomic E-state index is 0.127. The van der Waals surface area contributed by atoms with Crippen LogP contribution in [0.25, 0.3) is 11.1 Å². The summed E-state index contributed by atoms with van der Waals surface area (Å²) in [5, 5.41) is 0. The first kappa shape index (κ1) is 15.3. The third kappa shape index (κ3) is 4.16. The quantitative estimate of drug-likeness (QED) is 0.797. The molecule has 0 N–H and O–H groups in total. The van der Waals surface area contributed by atoms with Crippen molar-refractivity contribution in [2.45, 2.75) is 11.8 Å². The average Bonchev–Trinajstić information content (AvgIpc) is 2.48. The van der Waals surface area contributed by atoms with Gasteiger partial charge in [-0.05, 0) is 23.3 Å². The first-order chi connectivity index (χ1) is 9.99. The maximum absolute atomic E-state index is 12.1. The summed E-state index contributed by atoms with van der Waals surface area (Å²) in [5.41, 5.74) is 1.98. The fourth-order valence-corrected chi connectivity index (χ4v) is 2.99. The Bertz CT molecular complexity index is 704. The van der Waals surface area contributed by atoms with Crippen molar-refractivity contribution >= 4 is 15.8 Å². The van der Waals surface area contributed by atoms with E-state index in [9.17, 15) is 13.2 Å². The molecule has 0 amide bonds. The molecular weight excluding hydrogens is 288 g/mol. The van der Waals surface area contributed by atoms with E-state index in [1.165, 1.54) is 6.92 Å². The zero-order valence-corrected chi connectivity index (χ0v) is 12.5. The van der Waals surface area contributed by atoms with Crippen LogP contribution in [0.5, 0.6) is 0 Å². The van der Waals surface area contributed by atoms with Crippen LogP contribution >= 0.6 is 0 Å². The molecule has 2 aromatic carbocycles. The van der Waals surface area contributed by atoms with Crippen molar-refractivity contribution < 1.29 is 17.9 Å². The number of hydrogen-bond donors (Lipinski definition) is 0. The molecule has 0 atom stereocenters. The van der Waals surface area contributed by atoms with Gasteiger partial charge in [0.15, 0.2) is 9.84 Å². The zero-order chi connectivity index (χ0) is 15.3. The van der Waals surface area contributed by atoms with Crippen LogP contribution in [-0.4, -0.2) is 26.7 Å². The molecule has 21 heavy (non-hydrogen) atoms. The Morgan fingerprint density at radius 3 is 2.10 bits per heavy atom. The Hall–Kier alpha value is -2.14. The molecule has 4 nitrogen and oxygen atoms in total. The third-order valence-corrected chi connectivity index (χ3v) is 4.67. The van der Waals surface area contributed by atoms with Crippen molar-refractivity contribution in [1.82, 2.24) is 0 Å². The molecule has 0 saturated carbocycles. The molecule has 0 spiro atoms. The van der Waals surface area contributed by atoms with Gasteiger partial charge in [-0.2, -0.15) is 0 Å². The monoisotopic (exact) mass is 304 g/mol. The Balaban J connectivity index is 2.13. The van der Waals surface area contributed by atoms with E-state index >= 15 is 0 Å². The minimum atomic E-state index is -3.43. The fraction of sp³-hybridized carbons (Fsp3) is 0.188. The molecule has 2 rings (SSSR count). The largest absolute Gasteiger partial charge is 0.465 e. The van der Waals surface area contributed by atoms with Gasteiger partial charge in [0.1, 0.15) is 6.61 Å². The molecule has 0 aromatic heterocycles. The number of carbonyl (C=O) groups is 1. The highest BCUT2D eigenvalue weighted by Crippen LogP contribution is 2.21. The van der Waals surface area contributed by atoms with Crippen LogP contribution in [0.3, 0.4) is 0 Å². The maximum atomic E-state index is 12.1. The lowest BCUT2D eigenvalue weighted by molar-refractivity contribution is -0.140. The lowest BCUT2D eigenvalue weighted by atomic mass is 10.1. The molecule has 0 saturated heterocycles. The van der Waals surface area contributed by atoms with Crippen molar-refractivity contribution in [2.24, 2.45) is 0 Å². The van der Waals surface area contributed by atoms with Crippen LogP contribution < -0.4 is 0 Å². The van der Waals surface area contributed by atoms with E-state index in [0.29, 0.717) is 0 Å². The van der Waals surface area contributed by atoms with Crippen molar-refractivity contribution in [3.63, 3.8) is 0 Å². The van der Waals surface area contributed by atoms with E-state index < -0.39 is 15.8 Å². The van der Waals surface area contributed by atoms with E-state index in [1.807, 2.05) is 30.3 Å². The van der Waals surface area contributed by atoms with Crippen LogP contribution in [0.1, 0.15) is 6.92 Å². The summed E-state index contributed by atoms with van der Waals surface area (Å²) in [5.74, 6) is -0.693. The molecule has 0 heterocycles. The molecule has 0 radical (unpaired) electrons. The normalized spacial score (nSPS) is 11.1. The van der Waals surface area contributed by atoms with Gasteiger partial charge >= 0.3 is 5.97 Å². The van der Waals surface area contributed by atoms with Gasteiger partial charge in [0, 0.05) is 6.92 Å². The second-order valence-corrected chi connectivity index (χ2v) is 6.66. The predicted octanol–water partition coefficient (Wildman–Crippen LogP) is 2.69. The third-order valence-electron chi connectivity index (χ3n) is 2.98. The summed E-state index contributed by atoms with van der Waals surface area (Å²) in [6.07, 6.45) is 0. The average molecular weight is 304 g/mol. The Kier molecular flexibility index (Phi) is 4.75. The van der Waals surface area contributed by atoms with Gasteiger partial charge in [-0.25, -0.2) is 8.42 Å². The number of benzene rings is 2. The van der Waals surface area contributed by atoms with Gasteiger partial charge in [0.05, 0.1) is 10.6 Å². The molecule has 110 valence electrons. The number of sulfone groups is 1. The van der Waals surface area contributed by atoms with E-state index in [4.69, 9.17) is 0 Å². The van der Waals surface area contributed by atoms with Crippen molar-refractivity contribution in [3.8, 4) is 11.1 Å². The fourth-order valence-electron chi connectivity index (χ4n) is 1.90. The molecule has 0 aliphatic rings. The van der Waals surface area contributed by atoms with E-state index in [-0.39, 0.29) is 17.3 Å². The Morgan fingerprint density at radius 1 is 0.952 bits per heavy atom. The van der Waals surface area contributed by atoms with Gasteiger partial charge in [0.25, 0.3) is 0 Å². The second kappa shape index (κ2) is 6.54. The highest BCUT2D eigenvalue weighted by Gasteiger charge is 2.14. The lowest BCUT2D eigenvalue weighted by Crippen LogP contribution is -2.14. The number of carbonyl (C=O) groups excluding carboxylic acids is 1. The Labute approximate surface area is 124 Å². The summed E-state index contributed by atoms with van der Waals surface area (Å²) < 4.78 is 28.8. The second-order valence-electron chi connectivity index (χ2n) is 4.55. The molecule has 0 aliphatic carbocycles. The summed E-state index contributed by atoms with van der Waals surface area (Å²) in [6.45, 7) is 1.12. The summed E-state index contributed by atoms with van der Waals surface area (Å²) in [6, 6.07) is 16.4. The maximum Gasteiger partial charge on any atom is 0.302 e. The standard InChI is InChI=1S/C16H16O4S/c1-13(17)20-11-12-21(18,19)16-9-7-15(8-10-16)14-5-3-2-4-6-14/h2-10H,11-12H2,1H3. The van der Waals surface area contributed by atoms with Gasteiger partial charge in [-0.1, -0.05) is 42.5 Å². The molecule has 0 bridgehead atoms. The van der Waals surface area contributed by atoms with Gasteiger partial charge in [-0.15, -0.1) is 0 Å². The SMILES string of the molecule is CC(=O)OCCS(=O)(=O)c1ccc(-c2ccccc2)cc1.